The number of rotatable bonds is 10. The summed E-state index contributed by atoms with van der Waals surface area (Å²) in [6, 6.07) is 15.8. The van der Waals surface area contributed by atoms with Crippen LogP contribution in [0.15, 0.2) is 79.3 Å². The van der Waals surface area contributed by atoms with Crippen molar-refractivity contribution in [2.75, 3.05) is 5.32 Å². The molecule has 0 amide bonds. The lowest BCUT2D eigenvalue weighted by Crippen LogP contribution is -2.24. The molecule has 3 heterocycles. The second-order valence-corrected chi connectivity index (χ2v) is 8.84. The van der Waals surface area contributed by atoms with Crippen LogP contribution in [0.2, 0.25) is 0 Å². The molecule has 206 valence electrons. The first-order valence-electron chi connectivity index (χ1n) is 12.0. The first kappa shape index (κ1) is 26.7. The molecule has 4 aromatic rings. The Balaban J connectivity index is 1.45. The fourth-order valence-electron chi connectivity index (χ4n) is 4.39. The van der Waals surface area contributed by atoms with Crippen molar-refractivity contribution in [1.82, 2.24) is 4.98 Å². The molecule has 0 aliphatic carbocycles. The zero-order valence-electron chi connectivity index (χ0n) is 20.6. The number of fused-ring (bicyclic) bond motifs is 1. The van der Waals surface area contributed by atoms with E-state index in [0.717, 1.165) is 17.2 Å². The van der Waals surface area contributed by atoms with Crippen molar-refractivity contribution in [3.05, 3.63) is 112 Å². The lowest BCUT2D eigenvalue weighted by Gasteiger charge is -2.20. The van der Waals surface area contributed by atoms with Crippen molar-refractivity contribution >= 4 is 17.5 Å². The van der Waals surface area contributed by atoms with E-state index in [4.69, 9.17) is 4.74 Å². The summed E-state index contributed by atoms with van der Waals surface area (Å²) in [4.78, 5) is 16.3. The molecule has 5 rings (SSSR count). The molecule has 1 unspecified atom stereocenters. The standard InChI is InChI=1S/C28H21F4N3O5/c29-27(30)39-23-5-2-17(12-24(23)40-28(31)32)21(11-16-7-9-35(37)10-8-16)18-3-6-25(33-14-18)34-20-4-1-19-15-38-26(36)22(19)13-20/h1-10,12-14,21,27-28H,11,15H2,(H,33,34). The molecular formula is C28H21F4N3O5. The van der Waals surface area contributed by atoms with Crippen molar-refractivity contribution in [2.45, 2.75) is 32.2 Å². The van der Waals surface area contributed by atoms with Crippen LogP contribution in [0.1, 0.15) is 38.5 Å². The molecule has 0 saturated heterocycles. The molecule has 1 aliphatic heterocycles. The molecule has 2 aromatic carbocycles. The highest BCUT2D eigenvalue weighted by Crippen LogP contribution is 2.37. The van der Waals surface area contributed by atoms with Gasteiger partial charge in [0.25, 0.3) is 0 Å². The fraction of sp³-hybridized carbons (Fsp3) is 0.179. The third kappa shape index (κ3) is 6.22. The van der Waals surface area contributed by atoms with Gasteiger partial charge in [0, 0.05) is 35.5 Å². The normalized spacial score (nSPS) is 13.2. The number of nitrogens with one attached hydrogen (secondary N) is 1. The maximum atomic E-state index is 13.1. The fourth-order valence-corrected chi connectivity index (χ4v) is 4.39. The molecule has 8 nitrogen and oxygen atoms in total. The zero-order chi connectivity index (χ0) is 28.2. The van der Waals surface area contributed by atoms with E-state index >= 15 is 0 Å². The highest BCUT2D eigenvalue weighted by Gasteiger charge is 2.23. The molecular weight excluding hydrogens is 534 g/mol. The number of hydrogen-bond acceptors (Lipinski definition) is 7. The first-order chi connectivity index (χ1) is 19.2. The number of aromatic nitrogens is 2. The third-order valence-electron chi connectivity index (χ3n) is 6.26. The van der Waals surface area contributed by atoms with Crippen LogP contribution in [-0.4, -0.2) is 24.2 Å². The predicted molar refractivity (Wildman–Crippen MR) is 134 cm³/mol. The summed E-state index contributed by atoms with van der Waals surface area (Å²) in [6.45, 7) is -6.26. The Morgan fingerprint density at radius 3 is 2.35 bits per heavy atom. The summed E-state index contributed by atoms with van der Waals surface area (Å²) in [7, 11) is 0. The third-order valence-corrected chi connectivity index (χ3v) is 6.26. The number of benzene rings is 2. The van der Waals surface area contributed by atoms with Crippen LogP contribution in [-0.2, 0) is 17.8 Å². The topological polar surface area (TPSA) is 96.6 Å². The smallest absolute Gasteiger partial charge is 0.387 e. The van der Waals surface area contributed by atoms with Crippen LogP contribution in [0.3, 0.4) is 0 Å². The molecule has 0 radical (unpaired) electrons. The number of carbonyl (C=O) groups excluding carboxylic acids is 1. The van der Waals surface area contributed by atoms with Gasteiger partial charge in [0.15, 0.2) is 23.9 Å². The number of nitrogens with zero attached hydrogens (tertiary/aromatic N) is 2. The van der Waals surface area contributed by atoms with E-state index in [1.54, 1.807) is 48.7 Å². The van der Waals surface area contributed by atoms with Crippen LogP contribution in [0.5, 0.6) is 11.5 Å². The van der Waals surface area contributed by atoms with Gasteiger partial charge in [0.2, 0.25) is 0 Å². The minimum Gasteiger partial charge on any atom is -0.619 e. The Morgan fingerprint density at radius 1 is 0.925 bits per heavy atom. The Hall–Kier alpha value is -4.87. The summed E-state index contributed by atoms with van der Waals surface area (Å²) >= 11 is 0. The average molecular weight is 555 g/mol. The number of pyridine rings is 2. The van der Waals surface area contributed by atoms with E-state index in [0.29, 0.717) is 39.3 Å². The largest absolute Gasteiger partial charge is 0.619 e. The maximum Gasteiger partial charge on any atom is 0.387 e. The second kappa shape index (κ2) is 11.5. The van der Waals surface area contributed by atoms with Crippen molar-refractivity contribution in [1.29, 1.82) is 0 Å². The van der Waals surface area contributed by atoms with Gasteiger partial charge in [-0.1, -0.05) is 18.2 Å². The molecule has 0 fully saturated rings. The van der Waals surface area contributed by atoms with Gasteiger partial charge in [-0.05, 0) is 53.4 Å². The number of esters is 1. The average Bonchev–Trinajstić information content (AvgIpc) is 3.29. The van der Waals surface area contributed by atoms with E-state index in [1.807, 2.05) is 0 Å². The van der Waals surface area contributed by atoms with E-state index in [9.17, 15) is 27.6 Å². The van der Waals surface area contributed by atoms with Crippen molar-refractivity contribution < 1.29 is 41.3 Å². The van der Waals surface area contributed by atoms with Gasteiger partial charge in [0.1, 0.15) is 12.4 Å². The SMILES string of the molecule is O=C1OCc2ccc(Nc3ccc(C(Cc4cc[n+]([O-])cc4)c4ccc(OC(F)F)c(OC(F)F)c4)cn3)cc21. The first-order valence-corrected chi connectivity index (χ1v) is 12.0. The van der Waals surface area contributed by atoms with Gasteiger partial charge in [-0.2, -0.15) is 22.3 Å². The van der Waals surface area contributed by atoms with Crippen LogP contribution >= 0.6 is 0 Å². The number of cyclic esters (lactones) is 1. The van der Waals surface area contributed by atoms with Gasteiger partial charge in [-0.15, -0.1) is 0 Å². The van der Waals surface area contributed by atoms with Gasteiger partial charge in [-0.25, -0.2) is 9.78 Å². The number of carbonyl (C=O) groups is 1. The Bertz CT molecular complexity index is 1500. The lowest BCUT2D eigenvalue weighted by atomic mass is 9.87. The number of hydrogen-bond donors (Lipinski definition) is 1. The van der Waals surface area contributed by atoms with Crippen LogP contribution < -0.4 is 19.5 Å². The van der Waals surface area contributed by atoms with Gasteiger partial charge >= 0.3 is 19.2 Å². The Kier molecular flexibility index (Phi) is 7.67. The maximum absolute atomic E-state index is 13.1. The van der Waals surface area contributed by atoms with E-state index < -0.39 is 36.6 Å². The Labute approximate surface area is 225 Å². The molecule has 12 heteroatoms. The number of halogens is 4. The second-order valence-electron chi connectivity index (χ2n) is 8.84. The van der Waals surface area contributed by atoms with Crippen molar-refractivity contribution in [3.63, 3.8) is 0 Å². The summed E-state index contributed by atoms with van der Waals surface area (Å²) in [5.74, 6) is -1.47. The molecule has 1 N–H and O–H groups in total. The molecule has 1 aliphatic rings. The minimum absolute atomic E-state index is 0.234. The molecule has 40 heavy (non-hydrogen) atoms. The van der Waals surface area contributed by atoms with Gasteiger partial charge < -0.3 is 24.7 Å². The highest BCUT2D eigenvalue weighted by atomic mass is 19.3. The molecule has 0 saturated carbocycles. The summed E-state index contributed by atoms with van der Waals surface area (Å²) < 4.78 is 66.2. The molecule has 2 aromatic heterocycles. The summed E-state index contributed by atoms with van der Waals surface area (Å²) in [6.07, 6.45) is 4.57. The van der Waals surface area contributed by atoms with Crippen molar-refractivity contribution in [2.24, 2.45) is 0 Å². The zero-order valence-corrected chi connectivity index (χ0v) is 20.6. The minimum atomic E-state index is -3.26. The molecule has 0 bridgehead atoms. The highest BCUT2D eigenvalue weighted by molar-refractivity contribution is 5.94. The number of alkyl halides is 4. The monoisotopic (exact) mass is 555 g/mol. The number of ether oxygens (including phenoxy) is 3. The lowest BCUT2D eigenvalue weighted by molar-refractivity contribution is -0.605. The molecule has 1 atom stereocenters. The van der Waals surface area contributed by atoms with Gasteiger partial charge in [0.05, 0.1) is 5.56 Å². The quantitative estimate of drug-likeness (QED) is 0.116. The summed E-state index contributed by atoms with van der Waals surface area (Å²) in [5.41, 5.74) is 3.81. The predicted octanol–water partition coefficient (Wildman–Crippen LogP) is 5.71. The molecule has 0 spiro atoms. The van der Waals surface area contributed by atoms with Crippen molar-refractivity contribution in [3.8, 4) is 11.5 Å². The van der Waals surface area contributed by atoms with E-state index in [1.165, 1.54) is 24.5 Å². The summed E-state index contributed by atoms with van der Waals surface area (Å²) in [5, 5.41) is 14.6. The van der Waals surface area contributed by atoms with Gasteiger partial charge in [-0.3, -0.25) is 0 Å². The van der Waals surface area contributed by atoms with E-state index in [-0.39, 0.29) is 6.61 Å². The van der Waals surface area contributed by atoms with E-state index in [2.05, 4.69) is 19.8 Å². The Morgan fingerprint density at radius 2 is 1.65 bits per heavy atom. The van der Waals surface area contributed by atoms with Crippen LogP contribution in [0.4, 0.5) is 29.1 Å². The van der Waals surface area contributed by atoms with Crippen LogP contribution in [0.25, 0.3) is 0 Å². The van der Waals surface area contributed by atoms with Crippen LogP contribution in [0, 0.1) is 5.21 Å². The number of anilines is 2.